The molecule has 0 atom stereocenters. The van der Waals surface area contributed by atoms with Crippen molar-refractivity contribution in [2.24, 2.45) is 0 Å². The van der Waals surface area contributed by atoms with Crippen molar-refractivity contribution in [1.82, 2.24) is 24.8 Å². The van der Waals surface area contributed by atoms with Gasteiger partial charge in [0.05, 0.1) is 35.2 Å². The average molecular weight is 450 g/mol. The SMILES string of the molecule is CN1CCC(OCc2cccc(-c3cnc4ccc(/C=C5\SC(=O)NC5=O)nn34)c2)CC1. The highest BCUT2D eigenvalue weighted by molar-refractivity contribution is 8.18. The first kappa shape index (κ1) is 20.9. The average Bonchev–Trinajstić information content (AvgIpc) is 3.35. The van der Waals surface area contributed by atoms with E-state index in [0.717, 1.165) is 54.5 Å². The number of imidazole rings is 1. The zero-order valence-corrected chi connectivity index (χ0v) is 18.5. The molecule has 2 aromatic heterocycles. The van der Waals surface area contributed by atoms with Gasteiger partial charge in [0, 0.05) is 18.7 Å². The van der Waals surface area contributed by atoms with Crippen molar-refractivity contribution in [3.05, 3.63) is 58.8 Å². The lowest BCUT2D eigenvalue weighted by Gasteiger charge is -2.28. The molecule has 9 heteroatoms. The Morgan fingerprint density at radius 3 is 2.84 bits per heavy atom. The van der Waals surface area contributed by atoms with Crippen LogP contribution < -0.4 is 5.32 Å². The lowest BCUT2D eigenvalue weighted by atomic mass is 10.1. The van der Waals surface area contributed by atoms with E-state index in [9.17, 15) is 9.59 Å². The molecule has 164 valence electrons. The Balaban J connectivity index is 1.37. The van der Waals surface area contributed by atoms with Crippen molar-refractivity contribution in [3.8, 4) is 11.3 Å². The highest BCUT2D eigenvalue weighted by atomic mass is 32.2. The fraction of sp³-hybridized carbons (Fsp3) is 0.304. The zero-order chi connectivity index (χ0) is 22.1. The van der Waals surface area contributed by atoms with Gasteiger partial charge in [0.2, 0.25) is 0 Å². The molecule has 0 bridgehead atoms. The van der Waals surface area contributed by atoms with E-state index in [1.807, 2.05) is 18.2 Å². The van der Waals surface area contributed by atoms with Crippen molar-refractivity contribution in [2.75, 3.05) is 20.1 Å². The van der Waals surface area contributed by atoms with Gasteiger partial charge in [0.25, 0.3) is 11.1 Å². The van der Waals surface area contributed by atoms with Crippen LogP contribution in [0.15, 0.2) is 47.5 Å². The van der Waals surface area contributed by atoms with Crippen LogP contribution in [0.4, 0.5) is 4.79 Å². The van der Waals surface area contributed by atoms with Crippen LogP contribution in [-0.4, -0.2) is 56.9 Å². The molecule has 0 saturated carbocycles. The molecule has 0 radical (unpaired) electrons. The molecular formula is C23H23N5O3S. The number of thioether (sulfide) groups is 1. The Morgan fingerprint density at radius 1 is 1.22 bits per heavy atom. The Hall–Kier alpha value is -3.01. The minimum atomic E-state index is -0.398. The molecule has 4 heterocycles. The van der Waals surface area contributed by atoms with Gasteiger partial charge >= 0.3 is 0 Å². The maximum Gasteiger partial charge on any atom is 0.290 e. The predicted molar refractivity (Wildman–Crippen MR) is 123 cm³/mol. The standard InChI is InChI=1S/C23H23N5O3S/c1-27-9-7-18(8-10-27)31-14-15-3-2-4-16(11-15)19-13-24-21-6-5-17(26-28(19)21)12-20-22(29)25-23(30)32-20/h2-6,11-13,18H,7-10,14H2,1H3,(H,25,29,30)/b20-12-. The second kappa shape index (κ2) is 8.85. The second-order valence-electron chi connectivity index (χ2n) is 8.04. The van der Waals surface area contributed by atoms with Gasteiger partial charge < -0.3 is 9.64 Å². The third-order valence-electron chi connectivity index (χ3n) is 5.68. The molecule has 8 nitrogen and oxygen atoms in total. The topological polar surface area (TPSA) is 88.8 Å². The number of aromatic nitrogens is 3. The Labute approximate surface area is 189 Å². The summed E-state index contributed by atoms with van der Waals surface area (Å²) in [5.74, 6) is -0.398. The Morgan fingerprint density at radius 2 is 2.06 bits per heavy atom. The van der Waals surface area contributed by atoms with Crippen LogP contribution in [0.3, 0.4) is 0 Å². The number of rotatable bonds is 5. The van der Waals surface area contributed by atoms with Crippen LogP contribution in [0, 0.1) is 0 Å². The summed E-state index contributed by atoms with van der Waals surface area (Å²) in [6.45, 7) is 2.72. The van der Waals surface area contributed by atoms with E-state index in [-0.39, 0.29) is 5.24 Å². The summed E-state index contributed by atoms with van der Waals surface area (Å²) in [6, 6.07) is 11.8. The van der Waals surface area contributed by atoms with E-state index in [2.05, 4.69) is 39.5 Å². The van der Waals surface area contributed by atoms with Crippen molar-refractivity contribution in [2.45, 2.75) is 25.6 Å². The van der Waals surface area contributed by atoms with Crippen LogP contribution in [0.25, 0.3) is 23.0 Å². The minimum Gasteiger partial charge on any atom is -0.373 e. The number of likely N-dealkylation sites (tertiary alicyclic amines) is 1. The predicted octanol–water partition coefficient (Wildman–Crippen LogP) is 3.33. The summed E-state index contributed by atoms with van der Waals surface area (Å²) in [6.07, 6.45) is 5.83. The molecule has 2 aliphatic rings. The number of carbonyl (C=O) groups is 2. The number of amides is 2. The zero-order valence-electron chi connectivity index (χ0n) is 17.7. The third-order valence-corrected chi connectivity index (χ3v) is 6.49. The monoisotopic (exact) mass is 449 g/mol. The Bertz CT molecular complexity index is 1210. The van der Waals surface area contributed by atoms with Crippen LogP contribution in [0.1, 0.15) is 24.1 Å². The highest BCUT2D eigenvalue weighted by Gasteiger charge is 2.25. The maximum absolute atomic E-state index is 11.8. The van der Waals surface area contributed by atoms with Gasteiger partial charge in [-0.15, -0.1) is 0 Å². The van der Waals surface area contributed by atoms with E-state index >= 15 is 0 Å². The summed E-state index contributed by atoms with van der Waals surface area (Å²) in [7, 11) is 2.15. The molecule has 32 heavy (non-hydrogen) atoms. The van der Waals surface area contributed by atoms with Gasteiger partial charge in [0.15, 0.2) is 5.65 Å². The molecule has 5 rings (SSSR count). The number of nitrogens with zero attached hydrogens (tertiary/aromatic N) is 4. The lowest BCUT2D eigenvalue weighted by molar-refractivity contribution is -0.115. The normalized spacial score (nSPS) is 19.2. The van der Waals surface area contributed by atoms with Crippen molar-refractivity contribution < 1.29 is 14.3 Å². The molecule has 0 spiro atoms. The fourth-order valence-corrected chi connectivity index (χ4v) is 4.57. The molecule has 3 aromatic rings. The quantitative estimate of drug-likeness (QED) is 0.598. The number of hydrogen-bond acceptors (Lipinski definition) is 7. The van der Waals surface area contributed by atoms with Gasteiger partial charge in [-0.25, -0.2) is 9.50 Å². The number of imide groups is 1. The summed E-state index contributed by atoms with van der Waals surface area (Å²) in [4.78, 5) is 30.4. The maximum atomic E-state index is 11.8. The first-order valence-electron chi connectivity index (χ1n) is 10.5. The first-order valence-corrected chi connectivity index (χ1v) is 11.4. The second-order valence-corrected chi connectivity index (χ2v) is 9.05. The van der Waals surface area contributed by atoms with Gasteiger partial charge in [-0.05, 0) is 61.5 Å². The molecule has 2 fully saturated rings. The van der Waals surface area contributed by atoms with E-state index < -0.39 is 5.91 Å². The van der Waals surface area contributed by atoms with Crippen molar-refractivity contribution in [1.29, 1.82) is 0 Å². The molecule has 2 aliphatic heterocycles. The van der Waals surface area contributed by atoms with Crippen molar-refractivity contribution >= 4 is 34.6 Å². The summed E-state index contributed by atoms with van der Waals surface area (Å²) < 4.78 is 7.90. The van der Waals surface area contributed by atoms with E-state index in [1.165, 1.54) is 0 Å². The van der Waals surface area contributed by atoms with Gasteiger partial charge in [-0.1, -0.05) is 18.2 Å². The van der Waals surface area contributed by atoms with E-state index in [1.54, 1.807) is 22.9 Å². The van der Waals surface area contributed by atoms with Gasteiger partial charge in [-0.2, -0.15) is 5.10 Å². The number of nitrogens with one attached hydrogen (secondary N) is 1. The van der Waals surface area contributed by atoms with E-state index in [0.29, 0.717) is 29.0 Å². The van der Waals surface area contributed by atoms with Crippen LogP contribution in [0.5, 0.6) is 0 Å². The minimum absolute atomic E-state index is 0.306. The van der Waals surface area contributed by atoms with Crippen LogP contribution in [-0.2, 0) is 16.1 Å². The van der Waals surface area contributed by atoms with E-state index in [4.69, 9.17) is 4.74 Å². The number of fused-ring (bicyclic) bond motifs is 1. The molecular weight excluding hydrogens is 426 g/mol. The Kier molecular flexibility index (Phi) is 5.77. The molecule has 0 aliphatic carbocycles. The molecule has 2 amide bonds. The fourth-order valence-electron chi connectivity index (χ4n) is 3.90. The highest BCUT2D eigenvalue weighted by Crippen LogP contribution is 2.26. The third kappa shape index (κ3) is 4.45. The van der Waals surface area contributed by atoms with Crippen LogP contribution >= 0.6 is 11.8 Å². The smallest absolute Gasteiger partial charge is 0.290 e. The summed E-state index contributed by atoms with van der Waals surface area (Å²) in [5.41, 5.74) is 4.22. The first-order chi connectivity index (χ1) is 15.5. The number of hydrogen-bond donors (Lipinski definition) is 1. The number of piperidine rings is 1. The van der Waals surface area contributed by atoms with Gasteiger partial charge in [0.1, 0.15) is 0 Å². The molecule has 1 N–H and O–H groups in total. The van der Waals surface area contributed by atoms with Crippen LogP contribution in [0.2, 0.25) is 0 Å². The number of carbonyl (C=O) groups excluding carboxylic acids is 2. The summed E-state index contributed by atoms with van der Waals surface area (Å²) in [5, 5.41) is 6.51. The molecule has 1 aromatic carbocycles. The molecule has 0 unspecified atom stereocenters. The largest absolute Gasteiger partial charge is 0.373 e. The number of benzene rings is 1. The number of ether oxygens (including phenoxy) is 1. The lowest BCUT2D eigenvalue weighted by Crippen LogP contribution is -2.34. The summed E-state index contributed by atoms with van der Waals surface area (Å²) >= 11 is 0.876. The molecule has 2 saturated heterocycles. The van der Waals surface area contributed by atoms with Gasteiger partial charge in [-0.3, -0.25) is 14.9 Å². The van der Waals surface area contributed by atoms with Crippen molar-refractivity contribution in [3.63, 3.8) is 0 Å².